The molecule has 1 fully saturated rings. The minimum Gasteiger partial charge on any atom is -0.387 e. The van der Waals surface area contributed by atoms with Gasteiger partial charge in [-0.05, 0) is 0 Å². The van der Waals surface area contributed by atoms with Crippen LogP contribution in [0.25, 0.3) is 0 Å². The third-order valence-electron chi connectivity index (χ3n) is 3.07. The van der Waals surface area contributed by atoms with Gasteiger partial charge in [0.2, 0.25) is 0 Å². The van der Waals surface area contributed by atoms with E-state index in [1.54, 1.807) is 0 Å². The highest BCUT2D eigenvalue weighted by molar-refractivity contribution is 7.46. The van der Waals surface area contributed by atoms with Gasteiger partial charge >= 0.3 is 19.7 Å². The zero-order valence-electron chi connectivity index (χ0n) is 11.3. The Morgan fingerprint density at radius 3 is 1.73 bits per heavy atom. The molecule has 0 heterocycles. The second kappa shape index (κ2) is 6.75. The molecule has 14 heteroatoms. The van der Waals surface area contributed by atoms with Gasteiger partial charge in [0.05, 0.1) is 0 Å². The molecule has 0 spiro atoms. The summed E-state index contributed by atoms with van der Waals surface area (Å²) in [6, 6.07) is -2.64. The summed E-state index contributed by atoms with van der Waals surface area (Å²) in [6.07, 6.45) is -6.81. The van der Waals surface area contributed by atoms with Gasteiger partial charge in [-0.25, -0.2) is 4.57 Å². The van der Waals surface area contributed by atoms with E-state index >= 15 is 0 Å². The summed E-state index contributed by atoms with van der Waals surface area (Å²) in [4.78, 5) is 22.4. The van der Waals surface area contributed by atoms with Gasteiger partial charge < -0.3 is 25.1 Å². The Balaban J connectivity index is 3.25. The first-order chi connectivity index (χ1) is 9.94. The number of aliphatic hydroxyl groups excluding tert-OH is 3. The van der Waals surface area contributed by atoms with Crippen molar-refractivity contribution in [3.05, 3.63) is 0 Å². The second-order valence-electron chi connectivity index (χ2n) is 4.78. The molecule has 1 aliphatic carbocycles. The zero-order chi connectivity index (χ0) is 17.2. The van der Waals surface area contributed by atoms with E-state index in [2.05, 4.69) is 14.5 Å². The van der Waals surface area contributed by atoms with Gasteiger partial charge in [-0.1, -0.05) is 0 Å². The van der Waals surface area contributed by atoms with Crippen LogP contribution in [0.4, 0.5) is 0 Å². The van der Waals surface area contributed by atoms with Crippen molar-refractivity contribution >= 4 is 19.7 Å². The van der Waals surface area contributed by atoms with Crippen LogP contribution < -0.4 is 32.9 Å². The predicted molar refractivity (Wildman–Crippen MR) is 71.2 cm³/mol. The van der Waals surface area contributed by atoms with Crippen LogP contribution in [0.2, 0.25) is 0 Å². The molecule has 0 bridgehead atoms. The van der Waals surface area contributed by atoms with Gasteiger partial charge in [0.1, 0.15) is 36.5 Å². The van der Waals surface area contributed by atoms with E-state index in [1.165, 1.54) is 0 Å². The standard InChI is InChI=1S/C8H19N6O7P/c9-7(10)13-1-3(15)2(14-8(11)12)6(5(17)4(1)16)21-22(18,19)20/h1-6,15-17H,(H4,9,10,13)(H4,11,12,14)(H2,18,19,20)/p+2. The van der Waals surface area contributed by atoms with Crippen LogP contribution in [-0.2, 0) is 9.09 Å². The number of phosphoric acid groups is 1. The van der Waals surface area contributed by atoms with E-state index < -0.39 is 50.3 Å². The second-order valence-corrected chi connectivity index (χ2v) is 5.98. The number of nitrogens with one attached hydrogen (secondary N) is 2. The molecule has 22 heavy (non-hydrogen) atoms. The van der Waals surface area contributed by atoms with Crippen LogP contribution in [-0.4, -0.2) is 73.5 Å². The first-order valence-electron chi connectivity index (χ1n) is 6.01. The quantitative estimate of drug-likeness (QED) is 0.129. The van der Waals surface area contributed by atoms with Crippen LogP contribution in [0.15, 0.2) is 0 Å². The Morgan fingerprint density at radius 1 is 0.864 bits per heavy atom. The molecule has 0 radical (unpaired) electrons. The largest absolute Gasteiger partial charge is 0.470 e. The Labute approximate surface area is 124 Å². The highest BCUT2D eigenvalue weighted by atomic mass is 31.2. The van der Waals surface area contributed by atoms with E-state index in [4.69, 9.17) is 32.7 Å². The van der Waals surface area contributed by atoms with Crippen molar-refractivity contribution in [2.75, 3.05) is 0 Å². The molecule has 0 aliphatic heterocycles. The summed E-state index contributed by atoms with van der Waals surface area (Å²) < 4.78 is 15.4. The number of hydrogen-bond donors (Lipinski definition) is 11. The van der Waals surface area contributed by atoms with Crippen LogP contribution in [0.3, 0.4) is 0 Å². The van der Waals surface area contributed by atoms with Crippen molar-refractivity contribution in [1.82, 2.24) is 0 Å². The van der Waals surface area contributed by atoms with Crippen molar-refractivity contribution in [2.45, 2.75) is 36.5 Å². The number of phosphoric ester groups is 1. The van der Waals surface area contributed by atoms with Gasteiger partial charge in [0.25, 0.3) is 0 Å². The molecule has 15 N–H and O–H groups in total. The third kappa shape index (κ3) is 4.51. The normalized spacial score (nSPS) is 35.7. The van der Waals surface area contributed by atoms with E-state index in [1.807, 2.05) is 0 Å². The molecule has 0 saturated heterocycles. The van der Waals surface area contributed by atoms with Crippen molar-refractivity contribution in [3.8, 4) is 0 Å². The molecule has 6 atom stereocenters. The molecular formula is C8H21N6O7P+2. The summed E-state index contributed by atoms with van der Waals surface area (Å²) in [5.74, 6) is -0.761. The SMILES string of the molecule is NC(N)=[NH+]C1C(O)C(O)C(OP(=O)(O)O)C([NH+]=C(N)N)C1O. The van der Waals surface area contributed by atoms with Crippen LogP contribution in [0, 0.1) is 0 Å². The molecule has 0 aromatic carbocycles. The summed E-state index contributed by atoms with van der Waals surface area (Å²) in [7, 11) is -5.04. The average Bonchev–Trinajstić information content (AvgIpc) is 2.34. The molecule has 128 valence electrons. The first kappa shape index (κ1) is 18.6. The van der Waals surface area contributed by atoms with E-state index in [-0.39, 0.29) is 5.96 Å². The summed E-state index contributed by atoms with van der Waals surface area (Å²) in [5, 5.41) is 30.1. The smallest absolute Gasteiger partial charge is 0.387 e. The Bertz CT molecular complexity index is 501. The number of hydrogen-bond acceptors (Lipinski definition) is 5. The zero-order valence-corrected chi connectivity index (χ0v) is 12.2. The van der Waals surface area contributed by atoms with Crippen LogP contribution in [0.1, 0.15) is 0 Å². The maximum Gasteiger partial charge on any atom is 0.470 e. The van der Waals surface area contributed by atoms with Crippen molar-refractivity contribution < 1.29 is 44.2 Å². The Morgan fingerprint density at radius 2 is 1.32 bits per heavy atom. The maximum atomic E-state index is 11.0. The number of guanidine groups is 2. The number of nitrogens with two attached hydrogens (primary N) is 4. The fourth-order valence-corrected chi connectivity index (χ4v) is 2.82. The minimum absolute atomic E-state index is 0.354. The number of rotatable bonds is 4. The summed E-state index contributed by atoms with van der Waals surface area (Å²) >= 11 is 0. The van der Waals surface area contributed by atoms with Crippen LogP contribution in [0.5, 0.6) is 0 Å². The lowest BCUT2D eigenvalue weighted by molar-refractivity contribution is -0.594. The molecule has 0 aromatic rings. The molecule has 1 rings (SSSR count). The Hall–Kier alpha value is -1.47. The van der Waals surface area contributed by atoms with Gasteiger partial charge in [0, 0.05) is 0 Å². The van der Waals surface area contributed by atoms with Gasteiger partial charge in [-0.15, -0.1) is 0 Å². The first-order valence-corrected chi connectivity index (χ1v) is 7.54. The highest BCUT2D eigenvalue weighted by Crippen LogP contribution is 2.40. The molecule has 13 nitrogen and oxygen atoms in total. The molecule has 6 unspecified atom stereocenters. The fraction of sp³-hybridized carbons (Fsp3) is 0.750. The maximum absolute atomic E-state index is 11.0. The van der Waals surface area contributed by atoms with E-state index in [0.717, 1.165) is 0 Å². The third-order valence-corrected chi connectivity index (χ3v) is 3.59. The van der Waals surface area contributed by atoms with Gasteiger partial charge in [0.15, 0.2) is 0 Å². The van der Waals surface area contributed by atoms with Crippen molar-refractivity contribution in [1.29, 1.82) is 0 Å². The highest BCUT2D eigenvalue weighted by Gasteiger charge is 2.53. The molecular weight excluding hydrogens is 323 g/mol. The molecule has 0 amide bonds. The van der Waals surface area contributed by atoms with E-state index in [9.17, 15) is 19.9 Å². The number of aliphatic hydroxyl groups is 3. The molecule has 0 aromatic heterocycles. The lowest BCUT2D eigenvalue weighted by Crippen LogP contribution is -2.99. The molecule has 1 saturated carbocycles. The average molecular weight is 344 g/mol. The molecule has 1 aliphatic rings. The Kier molecular flexibility index (Phi) is 5.70. The monoisotopic (exact) mass is 344 g/mol. The van der Waals surface area contributed by atoms with E-state index in [0.29, 0.717) is 0 Å². The predicted octanol–water partition coefficient (Wildman–Crippen LogP) is -8.99. The lowest BCUT2D eigenvalue weighted by Gasteiger charge is -2.41. The fourth-order valence-electron chi connectivity index (χ4n) is 2.25. The topological polar surface area (TPSA) is 259 Å². The minimum atomic E-state index is -5.04. The van der Waals surface area contributed by atoms with Gasteiger partial charge in [-0.3, -0.25) is 37.4 Å². The van der Waals surface area contributed by atoms with Crippen LogP contribution >= 0.6 is 7.82 Å². The lowest BCUT2D eigenvalue weighted by atomic mass is 9.82. The summed E-state index contributed by atoms with van der Waals surface area (Å²) in [6.45, 7) is 0. The van der Waals surface area contributed by atoms with Crippen molar-refractivity contribution in [3.63, 3.8) is 0 Å². The summed E-state index contributed by atoms with van der Waals surface area (Å²) in [5.41, 5.74) is 20.9. The van der Waals surface area contributed by atoms with Crippen molar-refractivity contribution in [2.24, 2.45) is 22.9 Å². The van der Waals surface area contributed by atoms with Gasteiger partial charge in [-0.2, -0.15) is 0 Å².